The quantitative estimate of drug-likeness (QED) is 0.824. The van der Waals surface area contributed by atoms with E-state index in [0.717, 1.165) is 11.3 Å². The molecule has 17 heavy (non-hydrogen) atoms. The second kappa shape index (κ2) is 6.28. The third-order valence-corrected chi connectivity index (χ3v) is 2.60. The third-order valence-electron chi connectivity index (χ3n) is 2.60. The van der Waals surface area contributed by atoms with Crippen LogP contribution in [0.1, 0.15) is 38.7 Å². The molecule has 0 saturated heterocycles. The Morgan fingerprint density at radius 1 is 1.29 bits per heavy atom. The highest BCUT2D eigenvalue weighted by Crippen LogP contribution is 2.25. The van der Waals surface area contributed by atoms with Gasteiger partial charge in [-0.1, -0.05) is 26.0 Å². The highest BCUT2D eigenvalue weighted by Gasteiger charge is 2.20. The number of ether oxygens (including phenoxy) is 1. The normalized spacial score (nSPS) is 12.5. The van der Waals surface area contributed by atoms with Gasteiger partial charge in [-0.2, -0.15) is 0 Å². The minimum absolute atomic E-state index is 0.364. The standard InChI is InChI=1S/C14H20O3/c1-4-17-12-7-5-11(6-8-12)13(14(15)16)9-10(2)3/h5-8,10,13H,4,9H2,1-3H3,(H,15,16). The molecule has 0 radical (unpaired) electrons. The predicted molar refractivity (Wildman–Crippen MR) is 67.4 cm³/mol. The molecule has 3 nitrogen and oxygen atoms in total. The predicted octanol–water partition coefficient (Wildman–Crippen LogP) is 3.30. The number of hydrogen-bond acceptors (Lipinski definition) is 2. The van der Waals surface area contributed by atoms with E-state index in [9.17, 15) is 9.90 Å². The summed E-state index contributed by atoms with van der Waals surface area (Å²) in [5.74, 6) is -0.0406. The van der Waals surface area contributed by atoms with E-state index in [1.54, 1.807) is 0 Å². The monoisotopic (exact) mass is 236 g/mol. The molecule has 0 aromatic heterocycles. The summed E-state index contributed by atoms with van der Waals surface area (Å²) in [6.45, 7) is 6.61. The Labute approximate surface area is 102 Å². The van der Waals surface area contributed by atoms with E-state index in [-0.39, 0.29) is 0 Å². The number of hydrogen-bond donors (Lipinski definition) is 1. The SMILES string of the molecule is CCOc1ccc(C(CC(C)C)C(=O)O)cc1. The van der Waals surface area contributed by atoms with Crippen LogP contribution in [0.4, 0.5) is 0 Å². The van der Waals surface area contributed by atoms with Crippen molar-refractivity contribution in [2.75, 3.05) is 6.61 Å². The van der Waals surface area contributed by atoms with Crippen LogP contribution in [0.2, 0.25) is 0 Å². The zero-order chi connectivity index (χ0) is 12.8. The molecular weight excluding hydrogens is 216 g/mol. The Hall–Kier alpha value is -1.51. The fraction of sp³-hybridized carbons (Fsp3) is 0.500. The molecule has 0 aliphatic heterocycles. The third kappa shape index (κ3) is 4.10. The zero-order valence-corrected chi connectivity index (χ0v) is 10.6. The van der Waals surface area contributed by atoms with Crippen LogP contribution in [0.5, 0.6) is 5.75 Å². The van der Waals surface area contributed by atoms with Crippen molar-refractivity contribution in [3.63, 3.8) is 0 Å². The van der Waals surface area contributed by atoms with Gasteiger partial charge in [-0.25, -0.2) is 0 Å². The van der Waals surface area contributed by atoms with Crippen molar-refractivity contribution in [2.24, 2.45) is 5.92 Å². The maximum absolute atomic E-state index is 11.2. The summed E-state index contributed by atoms with van der Waals surface area (Å²) in [4.78, 5) is 11.2. The van der Waals surface area contributed by atoms with Gasteiger partial charge in [-0.3, -0.25) is 4.79 Å². The summed E-state index contributed by atoms with van der Waals surface area (Å²) < 4.78 is 5.33. The molecule has 0 aliphatic rings. The van der Waals surface area contributed by atoms with Crippen molar-refractivity contribution in [3.8, 4) is 5.75 Å². The number of carboxylic acid groups (broad SMARTS) is 1. The van der Waals surface area contributed by atoms with E-state index in [1.807, 2.05) is 45.0 Å². The largest absolute Gasteiger partial charge is 0.494 e. The molecule has 0 saturated carbocycles. The Kier molecular flexibility index (Phi) is 5.01. The van der Waals surface area contributed by atoms with Gasteiger partial charge in [0.2, 0.25) is 0 Å². The molecule has 0 heterocycles. The van der Waals surface area contributed by atoms with E-state index in [0.29, 0.717) is 18.9 Å². The van der Waals surface area contributed by atoms with E-state index in [1.165, 1.54) is 0 Å². The molecular formula is C14H20O3. The summed E-state index contributed by atoms with van der Waals surface area (Å²) in [5, 5.41) is 9.22. The smallest absolute Gasteiger partial charge is 0.310 e. The molecule has 3 heteroatoms. The summed E-state index contributed by atoms with van der Waals surface area (Å²) >= 11 is 0. The fourth-order valence-electron chi connectivity index (χ4n) is 1.81. The summed E-state index contributed by atoms with van der Waals surface area (Å²) in [7, 11) is 0. The van der Waals surface area contributed by atoms with Gasteiger partial charge in [0.25, 0.3) is 0 Å². The van der Waals surface area contributed by atoms with Crippen molar-refractivity contribution in [2.45, 2.75) is 33.1 Å². The van der Waals surface area contributed by atoms with Crippen molar-refractivity contribution in [3.05, 3.63) is 29.8 Å². The molecule has 1 aromatic rings. The van der Waals surface area contributed by atoms with E-state index in [4.69, 9.17) is 4.74 Å². The summed E-state index contributed by atoms with van der Waals surface area (Å²) in [6, 6.07) is 7.34. The number of carbonyl (C=O) groups is 1. The second-order valence-corrected chi connectivity index (χ2v) is 4.52. The van der Waals surface area contributed by atoms with Crippen LogP contribution in [0.25, 0.3) is 0 Å². The maximum atomic E-state index is 11.2. The molecule has 0 amide bonds. The van der Waals surface area contributed by atoms with Crippen molar-refractivity contribution >= 4 is 5.97 Å². The summed E-state index contributed by atoms with van der Waals surface area (Å²) in [6.07, 6.45) is 0.656. The van der Waals surface area contributed by atoms with Gasteiger partial charge in [-0.15, -0.1) is 0 Å². The van der Waals surface area contributed by atoms with Crippen LogP contribution in [0.15, 0.2) is 24.3 Å². The van der Waals surface area contributed by atoms with Crippen LogP contribution < -0.4 is 4.74 Å². The minimum atomic E-state index is -0.761. The Bertz CT molecular complexity index is 354. The number of carboxylic acids is 1. The van der Waals surface area contributed by atoms with E-state index in [2.05, 4.69) is 0 Å². The average molecular weight is 236 g/mol. The second-order valence-electron chi connectivity index (χ2n) is 4.52. The lowest BCUT2D eigenvalue weighted by Gasteiger charge is -2.15. The molecule has 0 aliphatic carbocycles. The molecule has 1 unspecified atom stereocenters. The number of aliphatic carboxylic acids is 1. The van der Waals surface area contributed by atoms with Crippen LogP contribution in [-0.2, 0) is 4.79 Å². The highest BCUT2D eigenvalue weighted by atomic mass is 16.5. The van der Waals surface area contributed by atoms with Crippen molar-refractivity contribution in [1.29, 1.82) is 0 Å². The van der Waals surface area contributed by atoms with Crippen LogP contribution in [0.3, 0.4) is 0 Å². The summed E-state index contributed by atoms with van der Waals surface area (Å²) in [5.41, 5.74) is 0.842. The van der Waals surface area contributed by atoms with Gasteiger partial charge in [-0.05, 0) is 37.0 Å². The van der Waals surface area contributed by atoms with E-state index < -0.39 is 11.9 Å². The average Bonchev–Trinajstić information content (AvgIpc) is 2.27. The highest BCUT2D eigenvalue weighted by molar-refractivity contribution is 5.76. The van der Waals surface area contributed by atoms with Gasteiger partial charge in [0.15, 0.2) is 0 Å². The van der Waals surface area contributed by atoms with Crippen molar-refractivity contribution in [1.82, 2.24) is 0 Å². The Balaban J connectivity index is 2.83. The molecule has 0 bridgehead atoms. The Morgan fingerprint density at radius 3 is 2.29 bits per heavy atom. The van der Waals surface area contributed by atoms with Gasteiger partial charge in [0.05, 0.1) is 12.5 Å². The fourth-order valence-corrected chi connectivity index (χ4v) is 1.81. The lowest BCUT2D eigenvalue weighted by atomic mass is 9.90. The first-order valence-electron chi connectivity index (χ1n) is 6.00. The molecule has 1 atom stereocenters. The van der Waals surface area contributed by atoms with E-state index >= 15 is 0 Å². The lowest BCUT2D eigenvalue weighted by Crippen LogP contribution is -2.14. The molecule has 0 spiro atoms. The van der Waals surface area contributed by atoms with Crippen LogP contribution in [0, 0.1) is 5.92 Å². The molecule has 0 fully saturated rings. The molecule has 1 aromatic carbocycles. The van der Waals surface area contributed by atoms with Gasteiger partial charge >= 0.3 is 5.97 Å². The first-order chi connectivity index (χ1) is 8.04. The first-order valence-corrected chi connectivity index (χ1v) is 6.00. The molecule has 1 rings (SSSR count). The number of benzene rings is 1. The van der Waals surface area contributed by atoms with Crippen molar-refractivity contribution < 1.29 is 14.6 Å². The molecule has 1 N–H and O–H groups in total. The van der Waals surface area contributed by atoms with Gasteiger partial charge < -0.3 is 9.84 Å². The van der Waals surface area contributed by atoms with Gasteiger partial charge in [0.1, 0.15) is 5.75 Å². The minimum Gasteiger partial charge on any atom is -0.494 e. The lowest BCUT2D eigenvalue weighted by molar-refractivity contribution is -0.139. The zero-order valence-electron chi connectivity index (χ0n) is 10.6. The van der Waals surface area contributed by atoms with Gasteiger partial charge in [0, 0.05) is 0 Å². The first kappa shape index (κ1) is 13.6. The Morgan fingerprint density at radius 2 is 1.88 bits per heavy atom. The van der Waals surface area contributed by atoms with Crippen LogP contribution in [-0.4, -0.2) is 17.7 Å². The number of rotatable bonds is 6. The molecule has 94 valence electrons. The maximum Gasteiger partial charge on any atom is 0.310 e. The topological polar surface area (TPSA) is 46.5 Å². The van der Waals surface area contributed by atoms with Crippen LogP contribution >= 0.6 is 0 Å².